The lowest BCUT2D eigenvalue weighted by molar-refractivity contribution is -0.379. The highest BCUT2D eigenvalue weighted by Crippen LogP contribution is 2.33. The average molecular weight is 1340 g/mol. The van der Waals surface area contributed by atoms with Crippen LogP contribution in [-0.4, -0.2) is 193 Å². The minimum atomic E-state index is -1.98. The number of nitrogens with one attached hydrogen (secondary N) is 1. The van der Waals surface area contributed by atoms with E-state index in [2.05, 4.69) is 67.8 Å². The fourth-order valence-corrected chi connectivity index (χ4v) is 12.5. The number of amides is 1. The van der Waals surface area contributed by atoms with Gasteiger partial charge >= 0.3 is 0 Å². The zero-order chi connectivity index (χ0) is 68.2. The number of unbranched alkanes of at least 4 members (excludes halogenated alkanes) is 34. The predicted octanol–water partition coefficient (Wildman–Crippen LogP) is 11.1. The number of hydrogen-bond donors (Lipinski definition) is 12. The van der Waals surface area contributed by atoms with Crippen LogP contribution in [0.15, 0.2) is 60.8 Å². The van der Waals surface area contributed by atoms with Crippen LogP contribution in [0.25, 0.3) is 0 Å². The molecule has 0 saturated carbocycles. The van der Waals surface area contributed by atoms with E-state index in [4.69, 9.17) is 28.4 Å². The number of carbonyl (C=O) groups is 1. The molecule has 548 valence electrons. The van der Waals surface area contributed by atoms with E-state index < -0.39 is 124 Å². The van der Waals surface area contributed by atoms with E-state index in [0.717, 1.165) is 51.4 Å². The maximum Gasteiger partial charge on any atom is 0.220 e. The fraction of sp³-hybridized carbons (Fsp3) is 0.853. The summed E-state index contributed by atoms with van der Waals surface area (Å²) in [5.41, 5.74) is 0. The Labute approximate surface area is 566 Å². The standard InChI is InChI=1S/C75H135NO18/c1-3-5-7-9-11-13-15-17-19-21-23-25-26-27-28-29-30-31-32-33-35-37-39-41-43-45-47-49-51-53-63(81)76-58(59(80)52-50-48-46-44-42-40-38-36-34-24-22-20-18-16-14-12-10-8-6-4-2)57-89-73-69(87)66(84)71(61(55-78)91-73)94-75-70(88)67(85)72(62(56-79)92-75)93-74-68(86)65(83)64(82)60(54-77)90-74/h15,17,21,23,26-27,42,44,50,52,58-62,64-75,77-80,82-88H,3-14,16,18-20,22,24-25,28-41,43,45-49,51,53-57H2,1-2H3,(H,76,81)/b17-15-,23-21-,27-26-,44-42+,52-50+. The minimum Gasteiger partial charge on any atom is -0.394 e. The van der Waals surface area contributed by atoms with Crippen LogP contribution in [0.3, 0.4) is 0 Å². The van der Waals surface area contributed by atoms with E-state index in [9.17, 15) is 61.0 Å². The summed E-state index contributed by atoms with van der Waals surface area (Å²) in [4.78, 5) is 13.4. The van der Waals surface area contributed by atoms with E-state index in [1.807, 2.05) is 6.08 Å². The largest absolute Gasteiger partial charge is 0.394 e. The lowest BCUT2D eigenvalue weighted by atomic mass is 9.96. The van der Waals surface area contributed by atoms with E-state index >= 15 is 0 Å². The molecule has 17 atom stereocenters. The molecule has 19 heteroatoms. The third kappa shape index (κ3) is 37.1. The summed E-state index contributed by atoms with van der Waals surface area (Å²) in [6.45, 7) is 1.73. The first-order chi connectivity index (χ1) is 45.8. The van der Waals surface area contributed by atoms with Crippen LogP contribution in [0.4, 0.5) is 0 Å². The Morgan fingerprint density at radius 3 is 1.14 bits per heavy atom. The van der Waals surface area contributed by atoms with Crippen LogP contribution in [-0.2, 0) is 33.2 Å². The average Bonchev–Trinajstić information content (AvgIpc) is 0.787. The molecule has 0 spiro atoms. The van der Waals surface area contributed by atoms with Crippen LogP contribution in [0.5, 0.6) is 0 Å². The Morgan fingerprint density at radius 2 is 0.713 bits per heavy atom. The van der Waals surface area contributed by atoms with E-state index in [1.54, 1.807) is 6.08 Å². The molecule has 17 unspecified atom stereocenters. The molecule has 0 aromatic rings. The van der Waals surface area contributed by atoms with Gasteiger partial charge in [0.15, 0.2) is 18.9 Å². The highest BCUT2D eigenvalue weighted by atomic mass is 16.8. The molecule has 12 N–H and O–H groups in total. The molecule has 1 amide bonds. The van der Waals surface area contributed by atoms with Gasteiger partial charge < -0.3 is 89.9 Å². The second kappa shape index (κ2) is 56.3. The molecule has 3 fully saturated rings. The van der Waals surface area contributed by atoms with Gasteiger partial charge in [-0.1, -0.05) is 261 Å². The third-order valence-electron chi connectivity index (χ3n) is 18.5. The van der Waals surface area contributed by atoms with Gasteiger partial charge in [-0.3, -0.25) is 4.79 Å². The van der Waals surface area contributed by atoms with E-state index in [0.29, 0.717) is 12.8 Å². The van der Waals surface area contributed by atoms with Crippen molar-refractivity contribution in [1.82, 2.24) is 5.32 Å². The van der Waals surface area contributed by atoms with Crippen molar-refractivity contribution >= 4 is 5.91 Å². The molecule has 3 saturated heterocycles. The molecule has 0 radical (unpaired) electrons. The number of ether oxygens (including phenoxy) is 6. The summed E-state index contributed by atoms with van der Waals surface area (Å²) < 4.78 is 34.4. The number of hydrogen-bond acceptors (Lipinski definition) is 18. The quantitative estimate of drug-likeness (QED) is 0.0199. The maximum atomic E-state index is 13.4. The van der Waals surface area contributed by atoms with Crippen molar-refractivity contribution in [3.8, 4) is 0 Å². The van der Waals surface area contributed by atoms with Gasteiger partial charge in [-0.25, -0.2) is 0 Å². The Morgan fingerprint density at radius 1 is 0.383 bits per heavy atom. The van der Waals surface area contributed by atoms with Crippen molar-refractivity contribution in [2.45, 2.75) is 381 Å². The molecule has 3 rings (SSSR count). The van der Waals surface area contributed by atoms with Gasteiger partial charge in [0.05, 0.1) is 38.6 Å². The van der Waals surface area contributed by atoms with Crippen molar-refractivity contribution in [2.75, 3.05) is 26.4 Å². The Balaban J connectivity index is 1.41. The minimum absolute atomic E-state index is 0.234. The zero-order valence-corrected chi connectivity index (χ0v) is 58.2. The predicted molar refractivity (Wildman–Crippen MR) is 369 cm³/mol. The molecule has 3 aliphatic rings. The Kier molecular flexibility index (Phi) is 51.3. The fourth-order valence-electron chi connectivity index (χ4n) is 12.5. The van der Waals surface area contributed by atoms with Crippen molar-refractivity contribution in [2.24, 2.45) is 0 Å². The summed E-state index contributed by atoms with van der Waals surface area (Å²) in [6, 6.07) is -0.993. The Hall–Kier alpha value is -2.51. The van der Waals surface area contributed by atoms with Crippen LogP contribution in [0.1, 0.15) is 277 Å². The van der Waals surface area contributed by atoms with Gasteiger partial charge in [-0.2, -0.15) is 0 Å². The van der Waals surface area contributed by atoms with Crippen molar-refractivity contribution in [1.29, 1.82) is 0 Å². The molecule has 94 heavy (non-hydrogen) atoms. The highest BCUT2D eigenvalue weighted by molar-refractivity contribution is 5.76. The topological polar surface area (TPSA) is 307 Å². The normalized spacial score (nSPS) is 27.7. The van der Waals surface area contributed by atoms with Crippen LogP contribution in [0, 0.1) is 0 Å². The van der Waals surface area contributed by atoms with Crippen LogP contribution >= 0.6 is 0 Å². The van der Waals surface area contributed by atoms with Crippen molar-refractivity contribution in [3.63, 3.8) is 0 Å². The van der Waals surface area contributed by atoms with Gasteiger partial charge in [0.1, 0.15) is 73.2 Å². The van der Waals surface area contributed by atoms with Crippen molar-refractivity contribution in [3.05, 3.63) is 60.8 Å². The van der Waals surface area contributed by atoms with Gasteiger partial charge in [0, 0.05) is 6.42 Å². The Bertz CT molecular complexity index is 1940. The molecular formula is C75H135NO18. The molecule has 0 aromatic heterocycles. The summed E-state index contributed by atoms with van der Waals surface area (Å²) >= 11 is 0. The molecule has 3 heterocycles. The lowest BCUT2D eigenvalue weighted by Gasteiger charge is -2.48. The van der Waals surface area contributed by atoms with Gasteiger partial charge in [0.25, 0.3) is 0 Å². The smallest absolute Gasteiger partial charge is 0.220 e. The number of carbonyl (C=O) groups excluding carboxylic acids is 1. The first-order valence-electron chi connectivity index (χ1n) is 37.5. The highest BCUT2D eigenvalue weighted by Gasteiger charge is 2.53. The van der Waals surface area contributed by atoms with Crippen LogP contribution < -0.4 is 5.32 Å². The number of aliphatic hydroxyl groups excluding tert-OH is 11. The zero-order valence-electron chi connectivity index (χ0n) is 58.2. The molecule has 0 bridgehead atoms. The molecular weight excluding hydrogens is 1200 g/mol. The molecule has 19 nitrogen and oxygen atoms in total. The van der Waals surface area contributed by atoms with Gasteiger partial charge in [-0.05, 0) is 70.6 Å². The van der Waals surface area contributed by atoms with Gasteiger partial charge in [0.2, 0.25) is 5.91 Å². The van der Waals surface area contributed by atoms with Crippen LogP contribution in [0.2, 0.25) is 0 Å². The monoisotopic (exact) mass is 1340 g/mol. The van der Waals surface area contributed by atoms with Crippen molar-refractivity contribution < 1.29 is 89.4 Å². The third-order valence-corrected chi connectivity index (χ3v) is 18.5. The summed E-state index contributed by atoms with van der Waals surface area (Å²) in [5.74, 6) is -0.285. The molecule has 0 aliphatic carbocycles. The molecule has 3 aliphatic heterocycles. The lowest BCUT2D eigenvalue weighted by Crippen LogP contribution is -2.66. The first kappa shape index (κ1) is 85.7. The number of aliphatic hydroxyl groups is 11. The summed E-state index contributed by atoms with van der Waals surface area (Å²) in [5, 5.41) is 121. The first-order valence-corrected chi connectivity index (χ1v) is 37.5. The second-order valence-electron chi connectivity index (χ2n) is 26.7. The molecule has 0 aromatic carbocycles. The summed E-state index contributed by atoms with van der Waals surface area (Å²) in [7, 11) is 0. The van der Waals surface area contributed by atoms with E-state index in [-0.39, 0.29) is 18.9 Å². The second-order valence-corrected chi connectivity index (χ2v) is 26.7. The van der Waals surface area contributed by atoms with E-state index in [1.165, 1.54) is 193 Å². The summed E-state index contributed by atoms with van der Waals surface area (Å²) in [6.07, 6.45) is 43.4. The van der Waals surface area contributed by atoms with Gasteiger partial charge in [-0.15, -0.1) is 0 Å². The number of allylic oxidation sites excluding steroid dienone is 9. The SMILES string of the molecule is CCCCCCC/C=C\C/C=C\C/C=C\CCCCCCCCCCCCCCCCC(=O)NC(COC1OC(CO)C(OC2OC(CO)C(OC3OC(CO)C(O)C(O)C3O)C(O)C2O)C(O)C1O)C(O)/C=C/CC/C=C/CCCCCCCCCCCCCCCC. The number of rotatable bonds is 58. The maximum absolute atomic E-state index is 13.4.